The van der Waals surface area contributed by atoms with Crippen LogP contribution in [0.3, 0.4) is 0 Å². The molecule has 0 saturated carbocycles. The van der Waals surface area contributed by atoms with Gasteiger partial charge >= 0.3 is 5.97 Å². The highest BCUT2D eigenvalue weighted by Crippen LogP contribution is 2.30. The second-order valence-electron chi connectivity index (χ2n) is 6.19. The van der Waals surface area contributed by atoms with Gasteiger partial charge in [0.25, 0.3) is 11.8 Å². The molecule has 0 aliphatic carbocycles. The van der Waals surface area contributed by atoms with Crippen molar-refractivity contribution >= 4 is 23.5 Å². The number of carbonyl (C=O) groups excluding carboxylic acids is 3. The van der Waals surface area contributed by atoms with Gasteiger partial charge in [0.05, 0.1) is 29.0 Å². The number of esters is 1. The zero-order valence-corrected chi connectivity index (χ0v) is 15.5. The monoisotopic (exact) mass is 388 g/mol. The number of imide groups is 1. The van der Waals surface area contributed by atoms with Crippen molar-refractivity contribution in [3.63, 3.8) is 0 Å². The first-order valence-electron chi connectivity index (χ1n) is 8.97. The number of hydrogen-bond donors (Lipinski definition) is 0. The van der Waals surface area contributed by atoms with Gasteiger partial charge in [-0.2, -0.15) is 0 Å². The van der Waals surface area contributed by atoms with Gasteiger partial charge in [0, 0.05) is 12.3 Å². The standard InChI is InChI=1S/C22H16N2O5/c1-2-28-22(27)14-11-12-23-19(13-14)29-16-9-7-15(8-10-16)24-20(25)17-5-3-4-6-18(17)21(24)26/h3-13H,2H2,1H3. The Morgan fingerprint density at radius 2 is 1.62 bits per heavy atom. The predicted octanol–water partition coefficient (Wildman–Crippen LogP) is 3.85. The molecule has 7 heteroatoms. The van der Waals surface area contributed by atoms with Gasteiger partial charge in [0.2, 0.25) is 5.88 Å². The lowest BCUT2D eigenvalue weighted by Gasteiger charge is -2.14. The lowest BCUT2D eigenvalue weighted by Crippen LogP contribution is -2.29. The molecule has 0 unspecified atom stereocenters. The van der Waals surface area contributed by atoms with Gasteiger partial charge in [-0.15, -0.1) is 0 Å². The van der Waals surface area contributed by atoms with Crippen LogP contribution in [0.5, 0.6) is 11.6 Å². The molecule has 4 rings (SSSR count). The summed E-state index contributed by atoms with van der Waals surface area (Å²) < 4.78 is 10.6. The summed E-state index contributed by atoms with van der Waals surface area (Å²) >= 11 is 0. The van der Waals surface area contributed by atoms with E-state index in [-0.39, 0.29) is 24.3 Å². The number of ether oxygens (including phenoxy) is 2. The summed E-state index contributed by atoms with van der Waals surface area (Å²) in [4.78, 5) is 42.2. The number of pyridine rings is 1. The summed E-state index contributed by atoms with van der Waals surface area (Å²) in [6, 6.07) is 16.2. The maximum atomic E-state index is 12.6. The first kappa shape index (κ1) is 18.4. The minimum absolute atomic E-state index is 0.226. The van der Waals surface area contributed by atoms with Crippen molar-refractivity contribution in [2.45, 2.75) is 6.92 Å². The first-order chi connectivity index (χ1) is 14.1. The van der Waals surface area contributed by atoms with Gasteiger partial charge in [-0.05, 0) is 49.4 Å². The lowest BCUT2D eigenvalue weighted by molar-refractivity contribution is 0.0525. The normalized spacial score (nSPS) is 12.7. The molecular formula is C22H16N2O5. The van der Waals surface area contributed by atoms with E-state index in [4.69, 9.17) is 9.47 Å². The van der Waals surface area contributed by atoms with Crippen LogP contribution in [0.1, 0.15) is 38.0 Å². The average Bonchev–Trinajstić information content (AvgIpc) is 3.00. The third-order valence-corrected chi connectivity index (χ3v) is 4.36. The van der Waals surface area contributed by atoms with Gasteiger partial charge in [0.15, 0.2) is 0 Å². The Balaban J connectivity index is 1.52. The maximum absolute atomic E-state index is 12.6. The number of benzene rings is 2. The van der Waals surface area contributed by atoms with Gasteiger partial charge < -0.3 is 9.47 Å². The van der Waals surface area contributed by atoms with Gasteiger partial charge in [0.1, 0.15) is 5.75 Å². The highest BCUT2D eigenvalue weighted by Gasteiger charge is 2.36. The number of amides is 2. The first-order valence-corrected chi connectivity index (χ1v) is 8.97. The summed E-state index contributed by atoms with van der Waals surface area (Å²) in [6.45, 7) is 2.00. The minimum atomic E-state index is -0.458. The smallest absolute Gasteiger partial charge is 0.338 e. The Bertz CT molecular complexity index is 1070. The summed E-state index contributed by atoms with van der Waals surface area (Å²) in [5.41, 5.74) is 1.55. The number of hydrogen-bond acceptors (Lipinski definition) is 6. The van der Waals surface area contributed by atoms with Crippen LogP contribution in [0.2, 0.25) is 0 Å². The van der Waals surface area contributed by atoms with Crippen LogP contribution < -0.4 is 9.64 Å². The molecule has 1 aromatic heterocycles. The topological polar surface area (TPSA) is 85.8 Å². The third-order valence-electron chi connectivity index (χ3n) is 4.36. The van der Waals surface area contributed by atoms with Crippen LogP contribution in [0.4, 0.5) is 5.69 Å². The fourth-order valence-corrected chi connectivity index (χ4v) is 3.01. The van der Waals surface area contributed by atoms with E-state index in [1.165, 1.54) is 18.3 Å². The van der Waals surface area contributed by atoms with E-state index >= 15 is 0 Å². The minimum Gasteiger partial charge on any atom is -0.462 e. The molecule has 2 heterocycles. The maximum Gasteiger partial charge on any atom is 0.338 e. The second kappa shape index (κ2) is 7.55. The fraction of sp³-hybridized carbons (Fsp3) is 0.0909. The molecule has 3 aromatic rings. The molecule has 0 fully saturated rings. The van der Waals surface area contributed by atoms with Crippen molar-refractivity contribution in [1.29, 1.82) is 0 Å². The Hall–Kier alpha value is -4.00. The molecule has 1 aliphatic rings. The molecule has 0 spiro atoms. The van der Waals surface area contributed by atoms with Crippen LogP contribution in [0.15, 0.2) is 66.9 Å². The van der Waals surface area contributed by atoms with Crippen molar-refractivity contribution < 1.29 is 23.9 Å². The number of rotatable bonds is 5. The Morgan fingerprint density at radius 1 is 0.966 bits per heavy atom. The van der Waals surface area contributed by atoms with E-state index in [1.807, 2.05) is 0 Å². The molecule has 0 bridgehead atoms. The average molecular weight is 388 g/mol. The van der Waals surface area contributed by atoms with Gasteiger partial charge in [-0.1, -0.05) is 12.1 Å². The van der Waals surface area contributed by atoms with Crippen LogP contribution in [-0.2, 0) is 4.74 Å². The van der Waals surface area contributed by atoms with E-state index in [0.29, 0.717) is 28.1 Å². The number of aromatic nitrogens is 1. The number of anilines is 1. The highest BCUT2D eigenvalue weighted by atomic mass is 16.5. The zero-order valence-electron chi connectivity index (χ0n) is 15.5. The highest BCUT2D eigenvalue weighted by molar-refractivity contribution is 6.34. The SMILES string of the molecule is CCOC(=O)c1ccnc(Oc2ccc(N3C(=O)c4ccccc4C3=O)cc2)c1. The Morgan fingerprint density at radius 3 is 2.24 bits per heavy atom. The molecule has 0 radical (unpaired) electrons. The molecule has 0 N–H and O–H groups in total. The molecule has 0 saturated heterocycles. The van der Waals surface area contributed by atoms with Gasteiger partial charge in [-0.25, -0.2) is 14.7 Å². The number of carbonyl (C=O) groups is 3. The zero-order chi connectivity index (χ0) is 20.4. The van der Waals surface area contributed by atoms with E-state index in [9.17, 15) is 14.4 Å². The summed E-state index contributed by atoms with van der Waals surface area (Å²) in [7, 11) is 0. The number of nitrogens with zero attached hydrogens (tertiary/aromatic N) is 2. The Labute approximate surface area is 166 Å². The van der Waals surface area contributed by atoms with Crippen molar-refractivity contribution in [2.75, 3.05) is 11.5 Å². The van der Waals surface area contributed by atoms with Crippen LogP contribution in [0, 0.1) is 0 Å². The summed E-state index contributed by atoms with van der Waals surface area (Å²) in [6.07, 6.45) is 1.45. The molecule has 7 nitrogen and oxygen atoms in total. The molecule has 29 heavy (non-hydrogen) atoms. The second-order valence-corrected chi connectivity index (χ2v) is 6.19. The summed E-state index contributed by atoms with van der Waals surface area (Å²) in [5.74, 6) is -0.505. The van der Waals surface area contributed by atoms with Crippen molar-refractivity contribution in [1.82, 2.24) is 4.98 Å². The van der Waals surface area contributed by atoms with Gasteiger partial charge in [-0.3, -0.25) is 9.59 Å². The van der Waals surface area contributed by atoms with Crippen molar-refractivity contribution in [2.24, 2.45) is 0 Å². The predicted molar refractivity (Wildman–Crippen MR) is 104 cm³/mol. The summed E-state index contributed by atoms with van der Waals surface area (Å²) in [5, 5.41) is 0. The molecular weight excluding hydrogens is 372 g/mol. The quantitative estimate of drug-likeness (QED) is 0.487. The third kappa shape index (κ3) is 3.45. The van der Waals surface area contributed by atoms with E-state index in [2.05, 4.69) is 4.98 Å². The van der Waals surface area contributed by atoms with E-state index < -0.39 is 5.97 Å². The van der Waals surface area contributed by atoms with E-state index in [1.54, 1.807) is 55.5 Å². The lowest BCUT2D eigenvalue weighted by atomic mass is 10.1. The van der Waals surface area contributed by atoms with E-state index in [0.717, 1.165) is 4.90 Å². The van der Waals surface area contributed by atoms with Crippen LogP contribution in [0.25, 0.3) is 0 Å². The van der Waals surface area contributed by atoms with Crippen LogP contribution >= 0.6 is 0 Å². The van der Waals surface area contributed by atoms with Crippen LogP contribution in [-0.4, -0.2) is 29.4 Å². The molecule has 2 aromatic carbocycles. The molecule has 1 aliphatic heterocycles. The number of fused-ring (bicyclic) bond motifs is 1. The van der Waals surface area contributed by atoms with Crippen molar-refractivity contribution in [3.8, 4) is 11.6 Å². The largest absolute Gasteiger partial charge is 0.462 e. The molecule has 144 valence electrons. The molecule has 2 amide bonds. The van der Waals surface area contributed by atoms with Crippen molar-refractivity contribution in [3.05, 3.63) is 83.6 Å². The molecule has 0 atom stereocenters. The fourth-order valence-electron chi connectivity index (χ4n) is 3.01. The Kier molecular flexibility index (Phi) is 4.78.